The van der Waals surface area contributed by atoms with Gasteiger partial charge in [0.15, 0.2) is 0 Å². The van der Waals surface area contributed by atoms with Crippen molar-refractivity contribution in [1.82, 2.24) is 0 Å². The summed E-state index contributed by atoms with van der Waals surface area (Å²) in [6.45, 7) is 0.374. The van der Waals surface area contributed by atoms with Crippen LogP contribution in [0.3, 0.4) is 0 Å². The lowest BCUT2D eigenvalue weighted by Gasteiger charge is -2.05. The lowest BCUT2D eigenvalue weighted by molar-refractivity contribution is -0.118. The molecule has 0 radical (unpaired) electrons. The Balaban J connectivity index is 3.08. The molecule has 0 aliphatic rings. The third-order valence-corrected chi connectivity index (χ3v) is 17.8. The van der Waals surface area contributed by atoms with Crippen molar-refractivity contribution in [2.45, 2.75) is 456 Å². The lowest BCUT2D eigenvalue weighted by Crippen LogP contribution is -2.09. The third kappa shape index (κ3) is 73.4. The minimum absolute atomic E-state index is 0.146. The Morgan fingerprint density at radius 3 is 0.316 bits per heavy atom. The van der Waals surface area contributed by atoms with E-state index in [-0.39, 0.29) is 5.91 Å². The molecule has 0 rings (SSSR count). The molecule has 0 unspecified atom stereocenters. The molecule has 456 valence electrons. The number of amides is 1. The summed E-state index contributed by atoms with van der Waals surface area (Å²) >= 11 is 0. The summed E-state index contributed by atoms with van der Waals surface area (Å²) in [7, 11) is 0. The van der Waals surface area contributed by atoms with E-state index >= 15 is 0 Å². The zero-order chi connectivity index (χ0) is 54.5. The molecule has 3 nitrogen and oxygen atoms in total. The SMILES string of the molecule is NC(=O)CCCCCCCCCCCCCCCCCCCCCCCCCCCCCCCCCCCCCCCCCCCCCCCCCCCCCCCCCCCCCCCCCCCCCCCCO. The first-order chi connectivity index (χ1) is 37.8. The fourth-order valence-corrected chi connectivity index (χ4v) is 12.4. The van der Waals surface area contributed by atoms with Gasteiger partial charge in [-0.1, -0.05) is 437 Å². The molecular formula is C73H147NO2. The van der Waals surface area contributed by atoms with Gasteiger partial charge in [-0.3, -0.25) is 4.79 Å². The summed E-state index contributed by atoms with van der Waals surface area (Å²) < 4.78 is 0. The summed E-state index contributed by atoms with van der Waals surface area (Å²) in [6, 6.07) is 0. The van der Waals surface area contributed by atoms with Gasteiger partial charge in [0.05, 0.1) is 0 Å². The minimum Gasteiger partial charge on any atom is -0.396 e. The maximum absolute atomic E-state index is 10.8. The summed E-state index contributed by atoms with van der Waals surface area (Å²) in [5.74, 6) is -0.146. The van der Waals surface area contributed by atoms with Crippen LogP contribution in [0.25, 0.3) is 0 Å². The van der Waals surface area contributed by atoms with Crippen LogP contribution in [0.1, 0.15) is 456 Å². The number of aliphatic hydroxyl groups is 1. The summed E-state index contributed by atoms with van der Waals surface area (Å²) in [6.07, 6.45) is 102. The van der Waals surface area contributed by atoms with Crippen molar-refractivity contribution in [3.63, 3.8) is 0 Å². The largest absolute Gasteiger partial charge is 0.396 e. The number of hydrogen-bond donors (Lipinski definition) is 2. The molecule has 0 saturated heterocycles. The predicted octanol–water partition coefficient (Wildman–Crippen LogP) is 26.2. The van der Waals surface area contributed by atoms with E-state index in [0.29, 0.717) is 13.0 Å². The van der Waals surface area contributed by atoms with Crippen LogP contribution in [-0.2, 0) is 4.79 Å². The molecule has 0 bridgehead atoms. The van der Waals surface area contributed by atoms with Crippen LogP contribution in [0.2, 0.25) is 0 Å². The molecule has 0 aliphatic carbocycles. The molecule has 3 N–H and O–H groups in total. The smallest absolute Gasteiger partial charge is 0.217 e. The normalized spacial score (nSPS) is 11.7. The molecule has 0 aromatic heterocycles. The second-order valence-corrected chi connectivity index (χ2v) is 25.7. The molecule has 0 aliphatic heterocycles. The van der Waals surface area contributed by atoms with Gasteiger partial charge in [0.25, 0.3) is 0 Å². The van der Waals surface area contributed by atoms with Crippen LogP contribution < -0.4 is 5.73 Å². The van der Waals surface area contributed by atoms with Crippen LogP contribution in [0, 0.1) is 0 Å². The Morgan fingerprint density at radius 1 is 0.158 bits per heavy atom. The highest BCUT2D eigenvalue weighted by Crippen LogP contribution is 2.21. The number of unbranched alkanes of at least 4 members (excludes halogenated alkanes) is 69. The van der Waals surface area contributed by atoms with Crippen LogP contribution in [0.15, 0.2) is 0 Å². The van der Waals surface area contributed by atoms with Crippen molar-refractivity contribution in [1.29, 1.82) is 0 Å². The molecule has 0 spiro atoms. The van der Waals surface area contributed by atoms with Gasteiger partial charge in [-0.2, -0.15) is 0 Å². The summed E-state index contributed by atoms with van der Waals surface area (Å²) in [5, 5.41) is 8.84. The zero-order valence-electron chi connectivity index (χ0n) is 52.8. The Hall–Kier alpha value is -0.570. The Bertz CT molecular complexity index is 998. The van der Waals surface area contributed by atoms with E-state index in [1.165, 1.54) is 437 Å². The van der Waals surface area contributed by atoms with Crippen LogP contribution in [0.4, 0.5) is 0 Å². The van der Waals surface area contributed by atoms with E-state index < -0.39 is 0 Å². The molecular weight excluding hydrogens is 923 g/mol. The highest BCUT2D eigenvalue weighted by molar-refractivity contribution is 5.73. The van der Waals surface area contributed by atoms with Crippen molar-refractivity contribution in [3.8, 4) is 0 Å². The van der Waals surface area contributed by atoms with Crippen molar-refractivity contribution in [2.75, 3.05) is 6.61 Å². The van der Waals surface area contributed by atoms with Gasteiger partial charge in [0, 0.05) is 13.0 Å². The maximum Gasteiger partial charge on any atom is 0.217 e. The number of rotatable bonds is 72. The monoisotopic (exact) mass is 1070 g/mol. The van der Waals surface area contributed by atoms with Crippen molar-refractivity contribution in [2.24, 2.45) is 5.73 Å². The van der Waals surface area contributed by atoms with Gasteiger partial charge in [0.2, 0.25) is 5.91 Å². The van der Waals surface area contributed by atoms with Crippen molar-refractivity contribution < 1.29 is 9.90 Å². The van der Waals surface area contributed by atoms with E-state index in [1.54, 1.807) is 0 Å². The number of hydrogen-bond acceptors (Lipinski definition) is 2. The van der Waals surface area contributed by atoms with E-state index in [2.05, 4.69) is 0 Å². The van der Waals surface area contributed by atoms with Crippen molar-refractivity contribution in [3.05, 3.63) is 0 Å². The molecule has 0 fully saturated rings. The molecule has 0 aromatic rings. The molecule has 1 amide bonds. The zero-order valence-corrected chi connectivity index (χ0v) is 52.8. The van der Waals surface area contributed by atoms with Crippen LogP contribution in [0.5, 0.6) is 0 Å². The lowest BCUT2D eigenvalue weighted by atomic mass is 10.0. The summed E-state index contributed by atoms with van der Waals surface area (Å²) in [5.41, 5.74) is 5.20. The number of aliphatic hydroxyl groups excluding tert-OH is 1. The highest BCUT2D eigenvalue weighted by Gasteiger charge is 2.02. The molecule has 76 heavy (non-hydrogen) atoms. The van der Waals surface area contributed by atoms with E-state index in [4.69, 9.17) is 10.8 Å². The topological polar surface area (TPSA) is 63.3 Å². The second kappa shape index (κ2) is 72.4. The minimum atomic E-state index is -0.146. The van der Waals surface area contributed by atoms with Gasteiger partial charge in [-0.15, -0.1) is 0 Å². The average Bonchev–Trinajstić information content (AvgIpc) is 3.42. The Morgan fingerprint density at radius 2 is 0.237 bits per heavy atom. The maximum atomic E-state index is 10.8. The van der Waals surface area contributed by atoms with Gasteiger partial charge < -0.3 is 10.8 Å². The number of primary amides is 1. The molecule has 0 saturated carbocycles. The molecule has 0 heterocycles. The fourth-order valence-electron chi connectivity index (χ4n) is 12.4. The average molecular weight is 1070 g/mol. The first-order valence-electron chi connectivity index (χ1n) is 36.7. The first kappa shape index (κ1) is 75.4. The molecule has 3 heteroatoms. The van der Waals surface area contributed by atoms with Gasteiger partial charge in [0.1, 0.15) is 0 Å². The summed E-state index contributed by atoms with van der Waals surface area (Å²) in [4.78, 5) is 10.8. The van der Waals surface area contributed by atoms with Gasteiger partial charge in [-0.25, -0.2) is 0 Å². The van der Waals surface area contributed by atoms with Crippen LogP contribution in [-0.4, -0.2) is 17.6 Å². The van der Waals surface area contributed by atoms with Crippen molar-refractivity contribution >= 4 is 5.91 Å². The first-order valence-corrected chi connectivity index (χ1v) is 36.7. The fraction of sp³-hybridized carbons (Fsp3) is 0.986. The van der Waals surface area contributed by atoms with E-state index in [9.17, 15) is 4.79 Å². The highest BCUT2D eigenvalue weighted by atomic mass is 16.3. The second-order valence-electron chi connectivity index (χ2n) is 25.7. The number of nitrogens with two attached hydrogens (primary N) is 1. The standard InChI is InChI=1S/C73H147NO2/c74-73(76)71-69-67-65-63-61-59-57-55-53-51-49-47-45-43-41-39-37-35-33-31-29-27-25-23-21-19-17-15-13-11-9-7-5-3-1-2-4-6-8-10-12-14-16-18-20-22-24-26-28-30-32-34-36-38-40-42-44-46-48-50-52-54-56-58-60-62-64-66-68-70-72-75/h75H,1-72H2,(H2,74,76). The van der Waals surface area contributed by atoms with E-state index in [0.717, 1.165) is 12.8 Å². The third-order valence-electron chi connectivity index (χ3n) is 17.8. The van der Waals surface area contributed by atoms with E-state index in [1.807, 2.05) is 0 Å². The Labute approximate surface area is 481 Å². The molecule has 0 atom stereocenters. The predicted molar refractivity (Wildman–Crippen MR) is 344 cm³/mol. The number of carbonyl (C=O) groups excluding carboxylic acids is 1. The van der Waals surface area contributed by atoms with Gasteiger partial charge >= 0.3 is 0 Å². The quantitative estimate of drug-likeness (QED) is 0.0596. The molecule has 0 aromatic carbocycles. The Kier molecular flexibility index (Phi) is 71.9. The van der Waals surface area contributed by atoms with Gasteiger partial charge in [-0.05, 0) is 12.8 Å². The number of carbonyl (C=O) groups is 1. The van der Waals surface area contributed by atoms with Crippen LogP contribution >= 0.6 is 0 Å².